The zero-order chi connectivity index (χ0) is 30.4. The highest BCUT2D eigenvalue weighted by Crippen LogP contribution is 2.56. The second-order valence-electron chi connectivity index (χ2n) is 11.0. The van der Waals surface area contributed by atoms with Crippen LogP contribution in [0.4, 0.5) is 0 Å². The normalized spacial score (nSPS) is 13.6. The fourth-order valence-corrected chi connectivity index (χ4v) is 5.56. The lowest BCUT2D eigenvalue weighted by Gasteiger charge is -2.34. The summed E-state index contributed by atoms with van der Waals surface area (Å²) in [7, 11) is 0. The fourth-order valence-electron chi connectivity index (χ4n) is 5.56. The molecule has 1 unspecified atom stereocenters. The molecule has 1 aliphatic rings. The Morgan fingerprint density at radius 2 is 1.19 bits per heavy atom. The van der Waals surface area contributed by atoms with Crippen LogP contribution in [-0.2, 0) is 19.7 Å². The number of ether oxygens (including phenoxy) is 4. The minimum absolute atomic E-state index is 0.0274. The van der Waals surface area contributed by atoms with Crippen LogP contribution in [0.3, 0.4) is 0 Å². The molecule has 0 aliphatic heterocycles. The number of esters is 1. The molecule has 0 saturated carbocycles. The van der Waals surface area contributed by atoms with Gasteiger partial charge >= 0.3 is 5.97 Å². The molecule has 4 aromatic rings. The van der Waals surface area contributed by atoms with Gasteiger partial charge in [-0.2, -0.15) is 0 Å². The summed E-state index contributed by atoms with van der Waals surface area (Å²) in [5, 5.41) is 9.88. The van der Waals surface area contributed by atoms with Crippen LogP contribution in [0.2, 0.25) is 0 Å². The first kappa shape index (κ1) is 30.1. The zero-order valence-electron chi connectivity index (χ0n) is 24.9. The Morgan fingerprint density at radius 3 is 1.65 bits per heavy atom. The summed E-state index contributed by atoms with van der Waals surface area (Å²) >= 11 is 0. The lowest BCUT2D eigenvalue weighted by molar-refractivity contribution is -0.139. The maximum atomic E-state index is 11.7. The molecule has 0 radical (unpaired) electrons. The van der Waals surface area contributed by atoms with Gasteiger partial charge in [-0.25, -0.2) is 4.79 Å². The number of hydrogen-bond acceptors (Lipinski definition) is 6. The predicted octanol–water partition coefficient (Wildman–Crippen LogP) is 6.92. The molecule has 222 valence electrons. The summed E-state index contributed by atoms with van der Waals surface area (Å²) in [6, 6.07) is 33.5. The molecule has 6 heteroatoms. The molecule has 0 spiro atoms. The third-order valence-corrected chi connectivity index (χ3v) is 7.67. The van der Waals surface area contributed by atoms with Crippen molar-refractivity contribution in [2.75, 3.05) is 26.4 Å². The molecular weight excluding hydrogens is 540 g/mol. The summed E-state index contributed by atoms with van der Waals surface area (Å²) in [6.07, 6.45) is -0.802. The van der Waals surface area contributed by atoms with Crippen LogP contribution < -0.4 is 9.47 Å². The first-order valence-corrected chi connectivity index (χ1v) is 14.6. The molecule has 0 saturated heterocycles. The molecule has 0 bridgehead atoms. The largest absolute Gasteiger partial charge is 0.491 e. The Morgan fingerprint density at radius 1 is 0.721 bits per heavy atom. The molecule has 1 atom stereocenters. The molecule has 0 fully saturated rings. The van der Waals surface area contributed by atoms with Crippen molar-refractivity contribution in [3.05, 3.63) is 131 Å². The van der Waals surface area contributed by atoms with Gasteiger partial charge in [0.25, 0.3) is 0 Å². The van der Waals surface area contributed by atoms with Gasteiger partial charge in [-0.3, -0.25) is 0 Å². The monoisotopic (exact) mass is 578 g/mol. The van der Waals surface area contributed by atoms with Crippen molar-refractivity contribution in [3.63, 3.8) is 0 Å². The lowest BCUT2D eigenvalue weighted by Crippen LogP contribution is -2.28. The minimum Gasteiger partial charge on any atom is -0.491 e. The van der Waals surface area contributed by atoms with Crippen molar-refractivity contribution in [2.24, 2.45) is 5.92 Å². The fraction of sp³-hybridized carbons (Fsp3) is 0.270. The van der Waals surface area contributed by atoms with Crippen LogP contribution in [0, 0.1) is 5.92 Å². The van der Waals surface area contributed by atoms with Gasteiger partial charge in [0, 0.05) is 11.5 Å². The number of benzene rings is 4. The Hall–Kier alpha value is -4.39. The number of hydrogen-bond donors (Lipinski definition) is 1. The van der Waals surface area contributed by atoms with Crippen LogP contribution in [0.25, 0.3) is 11.1 Å². The van der Waals surface area contributed by atoms with E-state index in [4.69, 9.17) is 18.9 Å². The van der Waals surface area contributed by atoms with Crippen LogP contribution in [0.1, 0.15) is 43.0 Å². The summed E-state index contributed by atoms with van der Waals surface area (Å²) in [6.45, 7) is 10.1. The number of rotatable bonds is 13. The van der Waals surface area contributed by atoms with E-state index in [1.165, 1.54) is 22.3 Å². The second kappa shape index (κ2) is 13.3. The third kappa shape index (κ3) is 6.21. The van der Waals surface area contributed by atoms with E-state index in [9.17, 15) is 9.90 Å². The maximum Gasteiger partial charge on any atom is 0.333 e. The van der Waals surface area contributed by atoms with Crippen LogP contribution in [0.15, 0.2) is 109 Å². The van der Waals surface area contributed by atoms with E-state index in [1.807, 2.05) is 38.1 Å². The van der Waals surface area contributed by atoms with Crippen molar-refractivity contribution >= 4 is 5.97 Å². The van der Waals surface area contributed by atoms with E-state index in [0.717, 1.165) is 16.9 Å². The van der Waals surface area contributed by atoms with Crippen molar-refractivity contribution in [3.8, 4) is 22.6 Å². The molecule has 5 rings (SSSR count). The predicted molar refractivity (Wildman–Crippen MR) is 167 cm³/mol. The molecular formula is C37H38O6. The SMILES string of the molecule is C=C(C)C(=O)OCCOc1ccc(C2(c3ccc(OCCOC(O)C(C)C)cc3)c3ccccc3-c3ccccc32)cc1. The number of aliphatic hydroxyl groups excluding tert-OH is 1. The number of carbonyl (C=O) groups is 1. The van der Waals surface area contributed by atoms with Crippen molar-refractivity contribution in [2.45, 2.75) is 32.5 Å². The smallest absolute Gasteiger partial charge is 0.333 e. The first-order chi connectivity index (χ1) is 20.8. The first-order valence-electron chi connectivity index (χ1n) is 14.6. The topological polar surface area (TPSA) is 74.2 Å². The van der Waals surface area contributed by atoms with Gasteiger partial charge < -0.3 is 24.1 Å². The average molecular weight is 579 g/mol. The molecule has 0 aromatic heterocycles. The lowest BCUT2D eigenvalue weighted by atomic mass is 9.68. The summed E-state index contributed by atoms with van der Waals surface area (Å²) in [4.78, 5) is 11.7. The van der Waals surface area contributed by atoms with Gasteiger partial charge in [-0.05, 0) is 64.6 Å². The molecule has 1 N–H and O–H groups in total. The van der Waals surface area contributed by atoms with Gasteiger partial charge in [-0.15, -0.1) is 0 Å². The molecule has 43 heavy (non-hydrogen) atoms. The van der Waals surface area contributed by atoms with Crippen LogP contribution >= 0.6 is 0 Å². The van der Waals surface area contributed by atoms with Gasteiger partial charge in [0.2, 0.25) is 0 Å². The third-order valence-electron chi connectivity index (χ3n) is 7.67. The van der Waals surface area contributed by atoms with E-state index in [2.05, 4.69) is 79.4 Å². The van der Waals surface area contributed by atoms with Crippen LogP contribution in [-0.4, -0.2) is 43.8 Å². The van der Waals surface area contributed by atoms with E-state index in [1.54, 1.807) is 6.92 Å². The van der Waals surface area contributed by atoms with Gasteiger partial charge in [0.1, 0.15) is 31.3 Å². The molecule has 1 aliphatic carbocycles. The Balaban J connectivity index is 1.44. The molecule has 0 heterocycles. The summed E-state index contributed by atoms with van der Waals surface area (Å²) < 4.78 is 22.4. The van der Waals surface area contributed by atoms with Crippen LogP contribution in [0.5, 0.6) is 11.5 Å². The number of aliphatic hydroxyl groups is 1. The van der Waals surface area contributed by atoms with E-state index >= 15 is 0 Å². The number of fused-ring (bicyclic) bond motifs is 3. The zero-order valence-corrected chi connectivity index (χ0v) is 24.9. The Kier molecular flexibility index (Phi) is 9.29. The van der Waals surface area contributed by atoms with E-state index in [0.29, 0.717) is 24.5 Å². The van der Waals surface area contributed by atoms with Crippen molar-refractivity contribution < 1.29 is 28.8 Å². The van der Waals surface area contributed by atoms with Crippen molar-refractivity contribution in [1.82, 2.24) is 0 Å². The Bertz CT molecular complexity index is 1510. The quantitative estimate of drug-likeness (QED) is 0.0708. The highest BCUT2D eigenvalue weighted by atomic mass is 16.6. The van der Waals surface area contributed by atoms with Gasteiger partial charge in [0.05, 0.1) is 12.0 Å². The highest BCUT2D eigenvalue weighted by molar-refractivity contribution is 5.87. The maximum absolute atomic E-state index is 11.7. The van der Waals surface area contributed by atoms with E-state index < -0.39 is 17.7 Å². The molecule has 0 amide bonds. The van der Waals surface area contributed by atoms with Crippen molar-refractivity contribution in [1.29, 1.82) is 0 Å². The molecule has 6 nitrogen and oxygen atoms in total. The number of carbonyl (C=O) groups excluding carboxylic acids is 1. The van der Waals surface area contributed by atoms with Gasteiger partial charge in [0.15, 0.2) is 6.29 Å². The summed E-state index contributed by atoms with van der Waals surface area (Å²) in [5.74, 6) is 1.03. The highest BCUT2D eigenvalue weighted by Gasteiger charge is 2.45. The minimum atomic E-state index is -0.802. The van der Waals surface area contributed by atoms with Gasteiger partial charge in [-0.1, -0.05) is 93.2 Å². The average Bonchev–Trinajstić information content (AvgIpc) is 3.33. The standard InChI is InChI=1S/C37H38O6/c1-25(2)35(38)42-23-21-40-29-17-13-27(14-18-29)37(33-11-7-5-9-31(33)32-10-6-8-12-34(32)37)28-15-19-30(20-16-28)41-22-24-43-36(39)26(3)4/h5-20,26,36,39H,1,21-24H2,2-4H3. The van der Waals surface area contributed by atoms with E-state index in [-0.39, 0.29) is 19.1 Å². The molecule has 4 aromatic carbocycles. The Labute approximate surface area is 253 Å². The summed E-state index contributed by atoms with van der Waals surface area (Å²) in [5.41, 5.74) is 6.87. The second-order valence-corrected chi connectivity index (χ2v) is 11.0.